The molecule has 0 fully saturated rings. The zero-order valence-corrected chi connectivity index (χ0v) is 19.7. The monoisotopic (exact) mass is 384 g/mol. The summed E-state index contributed by atoms with van der Waals surface area (Å²) in [6.07, 6.45) is 0.734. The van der Waals surface area contributed by atoms with Crippen molar-refractivity contribution in [1.29, 1.82) is 0 Å². The highest BCUT2D eigenvalue weighted by molar-refractivity contribution is 7.58. The molecule has 2 nitrogen and oxygen atoms in total. The summed E-state index contributed by atoms with van der Waals surface area (Å²) in [5, 5.41) is 1.28. The quantitative estimate of drug-likeness (QED) is 0.492. The zero-order chi connectivity index (χ0) is 17.8. The molecule has 128 valence electrons. The summed E-state index contributed by atoms with van der Waals surface area (Å²) < 4.78 is 13.3. The number of rotatable bonds is 7. The number of benzene rings is 1. The van der Waals surface area contributed by atoms with E-state index in [-0.39, 0.29) is 0 Å². The molecule has 0 aromatic heterocycles. The molecule has 1 aromatic rings. The second kappa shape index (κ2) is 8.31. The van der Waals surface area contributed by atoms with Crippen molar-refractivity contribution >= 4 is 42.9 Å². The summed E-state index contributed by atoms with van der Waals surface area (Å²) in [5.74, 6) is 0. The van der Waals surface area contributed by atoms with Gasteiger partial charge in [0.2, 0.25) is 0 Å². The number of hydrogen-bond donors (Lipinski definition) is 0. The van der Waals surface area contributed by atoms with E-state index in [1.54, 1.807) is 0 Å². The van der Waals surface area contributed by atoms with E-state index in [9.17, 15) is 4.57 Å². The highest BCUT2D eigenvalue weighted by Gasteiger charge is 2.50. The molecular formula is C17H32NOP2Si2+. The van der Waals surface area contributed by atoms with Gasteiger partial charge in [0, 0.05) is 5.30 Å². The zero-order valence-electron chi connectivity index (χ0n) is 15.9. The van der Waals surface area contributed by atoms with Gasteiger partial charge in [0.25, 0.3) is 0 Å². The summed E-state index contributed by atoms with van der Waals surface area (Å²) in [6, 6.07) is 10.5. The van der Waals surface area contributed by atoms with Crippen molar-refractivity contribution in [3.05, 3.63) is 30.3 Å². The lowest BCUT2D eigenvalue weighted by Gasteiger charge is -2.30. The van der Waals surface area contributed by atoms with Crippen molar-refractivity contribution < 1.29 is 4.57 Å². The van der Waals surface area contributed by atoms with Gasteiger partial charge in [-0.1, -0.05) is 74.2 Å². The van der Waals surface area contributed by atoms with E-state index < -0.39 is 23.9 Å². The topological polar surface area (TPSA) is 20.3 Å². The summed E-state index contributed by atoms with van der Waals surface area (Å²) in [4.78, 5) is 2.62. The van der Waals surface area contributed by atoms with Crippen LogP contribution in [0.1, 0.15) is 0 Å². The Bertz CT molecular complexity index is 546. The maximum atomic E-state index is 13.3. The van der Waals surface area contributed by atoms with Gasteiger partial charge in [-0.25, -0.2) is 0 Å². The van der Waals surface area contributed by atoms with Crippen LogP contribution in [0.25, 0.3) is 0 Å². The van der Waals surface area contributed by atoms with Gasteiger partial charge in [0.05, 0.1) is 5.42 Å². The van der Waals surface area contributed by atoms with Crippen LogP contribution in [0.5, 0.6) is 0 Å². The number of hydrogen-bond acceptors (Lipinski definition) is 1. The molecular weight excluding hydrogens is 352 g/mol. The summed E-state index contributed by atoms with van der Waals surface area (Å²) >= 11 is 0. The maximum Gasteiger partial charge on any atom is 0.340 e. The smallest absolute Gasteiger partial charge is 0.277 e. The summed E-state index contributed by atoms with van der Waals surface area (Å²) in [5.41, 5.74) is 1.26. The summed E-state index contributed by atoms with van der Waals surface area (Å²) in [6.45, 7) is 14.3. The Labute approximate surface area is 147 Å². The lowest BCUT2D eigenvalue weighted by molar-refractivity contribution is 0.587. The Morgan fingerprint density at radius 3 is 1.91 bits per heavy atom. The average molecular weight is 385 g/mol. The van der Waals surface area contributed by atoms with Crippen LogP contribution in [-0.4, -0.2) is 51.6 Å². The molecule has 1 unspecified atom stereocenters. The van der Waals surface area contributed by atoms with Crippen molar-refractivity contribution in [2.45, 2.75) is 44.2 Å². The van der Waals surface area contributed by atoms with Crippen LogP contribution < -0.4 is 5.30 Å². The minimum Gasteiger partial charge on any atom is -0.277 e. The van der Waals surface area contributed by atoms with Gasteiger partial charge < -0.3 is 0 Å². The fourth-order valence-corrected chi connectivity index (χ4v) is 23.4. The Morgan fingerprint density at radius 1 is 1.04 bits per heavy atom. The second-order valence-corrected chi connectivity index (χ2v) is 23.6. The van der Waals surface area contributed by atoms with Crippen LogP contribution >= 0.6 is 16.0 Å². The molecule has 0 N–H and O–H groups in total. The first kappa shape index (κ1) is 20.9. The highest BCUT2D eigenvalue weighted by atomic mass is 31.1. The van der Waals surface area contributed by atoms with E-state index in [1.165, 1.54) is 18.9 Å². The molecule has 1 rings (SSSR count). The highest BCUT2D eigenvalue weighted by Crippen LogP contribution is 2.41. The predicted octanol–water partition coefficient (Wildman–Crippen LogP) is 4.90. The predicted molar refractivity (Wildman–Crippen MR) is 115 cm³/mol. The average Bonchev–Trinajstić information content (AvgIpc) is 2.35. The van der Waals surface area contributed by atoms with Crippen molar-refractivity contribution in [3.63, 3.8) is 0 Å². The Balaban J connectivity index is 3.09. The number of nitrogens with zero attached hydrogens (tertiary/aromatic N) is 1. The minimum atomic E-state index is -1.44. The molecule has 1 aromatic carbocycles. The molecule has 0 aliphatic rings. The van der Waals surface area contributed by atoms with E-state index in [4.69, 9.17) is 0 Å². The maximum absolute atomic E-state index is 13.3. The molecule has 0 saturated heterocycles. The van der Waals surface area contributed by atoms with Gasteiger partial charge in [0.15, 0.2) is 6.16 Å². The van der Waals surface area contributed by atoms with Crippen molar-refractivity contribution in [2.75, 3.05) is 20.3 Å². The first-order valence-corrected chi connectivity index (χ1v) is 17.7. The molecule has 0 aliphatic heterocycles. The third-order valence-electron chi connectivity index (χ3n) is 3.76. The van der Waals surface area contributed by atoms with E-state index in [2.05, 4.69) is 82.5 Å². The van der Waals surface area contributed by atoms with E-state index in [1.807, 2.05) is 6.07 Å². The standard InChI is InChI=1S/C17H32NOP2Si2/c1-18(2)16(20-15-12-10-9-11-13-15)14-21(19)17(22(3,4)5)23(6,7)8/h9-13,17H,14H2,1-8H3/q+1. The van der Waals surface area contributed by atoms with Gasteiger partial charge in [-0.2, -0.15) is 0 Å². The summed E-state index contributed by atoms with van der Waals surface area (Å²) in [7, 11) is 1.27. The third-order valence-corrected chi connectivity index (χ3v) is 21.4. The molecule has 0 spiro atoms. The Hall–Kier alpha value is -0.116. The van der Waals surface area contributed by atoms with Gasteiger partial charge in [-0.05, 0) is 22.3 Å². The van der Waals surface area contributed by atoms with Crippen LogP contribution in [0.4, 0.5) is 0 Å². The molecule has 0 heterocycles. The lowest BCUT2D eigenvalue weighted by Crippen LogP contribution is -2.52. The van der Waals surface area contributed by atoms with E-state index in [0.29, 0.717) is 4.91 Å². The van der Waals surface area contributed by atoms with E-state index in [0.717, 1.165) is 6.16 Å². The molecule has 0 radical (unpaired) electrons. The van der Waals surface area contributed by atoms with Crippen molar-refractivity contribution in [3.8, 4) is 0 Å². The van der Waals surface area contributed by atoms with Gasteiger partial charge in [-0.3, -0.25) is 4.90 Å². The van der Waals surface area contributed by atoms with Crippen LogP contribution in [0.2, 0.25) is 39.3 Å². The fraction of sp³-hybridized carbons (Fsp3) is 0.588. The Morgan fingerprint density at radius 2 is 1.52 bits per heavy atom. The first-order chi connectivity index (χ1) is 10.4. The third kappa shape index (κ3) is 6.72. The fourth-order valence-electron chi connectivity index (χ4n) is 3.32. The molecule has 0 aliphatic carbocycles. The van der Waals surface area contributed by atoms with Crippen molar-refractivity contribution in [2.24, 2.45) is 0 Å². The van der Waals surface area contributed by atoms with Crippen LogP contribution in [0.15, 0.2) is 30.3 Å². The van der Waals surface area contributed by atoms with Gasteiger partial charge >= 0.3 is 7.80 Å². The normalized spacial score (nSPS) is 14.5. The minimum absolute atomic E-state index is 0.464. The lowest BCUT2D eigenvalue weighted by atomic mass is 10.4. The molecule has 1 atom stereocenters. The second-order valence-electron chi connectivity index (χ2n) is 8.47. The molecule has 6 heteroatoms. The molecule has 0 amide bonds. The van der Waals surface area contributed by atoms with Gasteiger partial charge in [0.1, 0.15) is 21.1 Å². The largest absolute Gasteiger partial charge is 0.340 e. The Kier molecular flexibility index (Phi) is 7.56. The first-order valence-electron chi connectivity index (χ1n) is 8.16. The molecule has 0 bridgehead atoms. The van der Waals surface area contributed by atoms with Crippen molar-refractivity contribution in [1.82, 2.24) is 4.90 Å². The SMILES string of the molecule is CN(C)C(C[P+](=O)C([Si](C)(C)C)[Si](C)(C)C)=Pc1ccccc1. The van der Waals surface area contributed by atoms with Crippen LogP contribution in [0, 0.1) is 0 Å². The molecule has 0 saturated carbocycles. The van der Waals surface area contributed by atoms with E-state index >= 15 is 0 Å². The molecule has 23 heavy (non-hydrogen) atoms. The van der Waals surface area contributed by atoms with Crippen LogP contribution in [-0.2, 0) is 4.57 Å². The van der Waals surface area contributed by atoms with Crippen LogP contribution in [0.3, 0.4) is 0 Å². The van der Waals surface area contributed by atoms with Gasteiger partial charge in [-0.15, -0.1) is 0 Å².